The molecular formula is C80H137NO8. The first-order valence-corrected chi connectivity index (χ1v) is 36.9. The fourth-order valence-corrected chi connectivity index (χ4v) is 11.0. The largest absolute Gasteiger partial charge is 0.394 e. The van der Waals surface area contributed by atoms with E-state index in [1.807, 2.05) is 6.08 Å². The third kappa shape index (κ3) is 55.7. The molecule has 6 N–H and O–H groups in total. The van der Waals surface area contributed by atoms with Gasteiger partial charge in [-0.15, -0.1) is 0 Å². The van der Waals surface area contributed by atoms with Gasteiger partial charge in [-0.25, -0.2) is 0 Å². The predicted molar refractivity (Wildman–Crippen MR) is 382 cm³/mol. The quantitative estimate of drug-likeness (QED) is 0.0261. The lowest BCUT2D eigenvalue weighted by Gasteiger charge is -2.40. The highest BCUT2D eigenvalue weighted by Gasteiger charge is 2.44. The zero-order valence-electron chi connectivity index (χ0n) is 57.1. The average Bonchev–Trinajstić information content (AvgIpc) is 2.28. The summed E-state index contributed by atoms with van der Waals surface area (Å²) in [5, 5.41) is 54.8. The lowest BCUT2D eigenvalue weighted by molar-refractivity contribution is -0.302. The number of carbonyl (C=O) groups excluding carboxylic acids is 1. The molecule has 0 saturated carbocycles. The number of carbonyl (C=O) groups is 1. The zero-order chi connectivity index (χ0) is 64.2. The minimum absolute atomic E-state index is 0.203. The van der Waals surface area contributed by atoms with E-state index < -0.39 is 49.5 Å². The molecule has 1 amide bonds. The molecule has 510 valence electrons. The van der Waals surface area contributed by atoms with E-state index in [-0.39, 0.29) is 12.5 Å². The fourth-order valence-electron chi connectivity index (χ4n) is 11.0. The van der Waals surface area contributed by atoms with E-state index in [0.717, 1.165) is 116 Å². The summed E-state index contributed by atoms with van der Waals surface area (Å²) in [5.41, 5.74) is 0. The number of unbranched alkanes of at least 4 members (excludes halogenated alkanes) is 33. The van der Waals surface area contributed by atoms with Crippen LogP contribution in [0.1, 0.15) is 309 Å². The molecule has 0 aliphatic carbocycles. The molecule has 1 rings (SSSR count). The molecule has 0 aromatic rings. The number of nitrogens with one attached hydrogen (secondary N) is 1. The molecule has 1 aliphatic rings. The number of amides is 1. The SMILES string of the molecule is CC/C=C\C/C=C\C/C=C\C/C=C\C/C=C\C/C=C\C/C=C\C/C=C\C/C=C\C/C=C\CCCCCCC(=O)NC(COC1OC(CO)C(O)C(O)C1O)C(O)/C=C/CCCCCCCCCCCCCCCCCCCCCCCCCCCCCCC. The van der Waals surface area contributed by atoms with Crippen molar-refractivity contribution in [1.82, 2.24) is 5.32 Å². The summed E-state index contributed by atoms with van der Waals surface area (Å²) in [6, 6.07) is -0.831. The molecule has 0 aromatic carbocycles. The highest BCUT2D eigenvalue weighted by molar-refractivity contribution is 5.76. The van der Waals surface area contributed by atoms with Crippen LogP contribution in [0.15, 0.2) is 134 Å². The van der Waals surface area contributed by atoms with E-state index in [1.54, 1.807) is 6.08 Å². The van der Waals surface area contributed by atoms with E-state index in [9.17, 15) is 30.3 Å². The van der Waals surface area contributed by atoms with Crippen LogP contribution in [0.25, 0.3) is 0 Å². The molecule has 89 heavy (non-hydrogen) atoms. The summed E-state index contributed by atoms with van der Waals surface area (Å²) in [6.45, 7) is 3.68. The Morgan fingerprint density at radius 1 is 0.393 bits per heavy atom. The fraction of sp³-hybridized carbons (Fsp3) is 0.713. The van der Waals surface area contributed by atoms with Crippen molar-refractivity contribution in [2.24, 2.45) is 0 Å². The smallest absolute Gasteiger partial charge is 0.220 e. The van der Waals surface area contributed by atoms with Gasteiger partial charge in [-0.05, 0) is 96.3 Å². The highest BCUT2D eigenvalue weighted by Crippen LogP contribution is 2.23. The van der Waals surface area contributed by atoms with Crippen LogP contribution in [0.5, 0.6) is 0 Å². The monoisotopic (exact) mass is 1240 g/mol. The minimum Gasteiger partial charge on any atom is -0.394 e. The maximum Gasteiger partial charge on any atom is 0.220 e. The Kier molecular flexibility index (Phi) is 63.0. The first-order chi connectivity index (χ1) is 43.8. The Balaban J connectivity index is 2.18. The van der Waals surface area contributed by atoms with E-state index in [2.05, 4.69) is 141 Å². The van der Waals surface area contributed by atoms with Crippen molar-refractivity contribution in [2.75, 3.05) is 13.2 Å². The van der Waals surface area contributed by atoms with Crippen molar-refractivity contribution >= 4 is 5.91 Å². The maximum absolute atomic E-state index is 13.1. The van der Waals surface area contributed by atoms with Crippen molar-refractivity contribution in [3.8, 4) is 0 Å². The Morgan fingerprint density at radius 2 is 0.697 bits per heavy atom. The van der Waals surface area contributed by atoms with Crippen LogP contribution in [0, 0.1) is 0 Å². The lowest BCUT2D eigenvalue weighted by atomic mass is 9.99. The van der Waals surface area contributed by atoms with Crippen molar-refractivity contribution in [2.45, 2.75) is 352 Å². The standard InChI is InChI=1S/C80H137NO8/c1-3-5-7-9-11-13-15-17-19-21-23-25-27-29-31-33-35-36-37-38-40-42-44-46-48-50-52-54-56-58-60-62-64-66-68-70-76(84)81-73(72-88-80-79(87)78(86)77(85)75(71-82)89-80)74(83)69-67-65-63-61-59-57-55-53-51-49-47-45-43-41-39-34-32-30-28-26-24-22-20-18-16-14-12-10-8-6-4-2/h5,7,11,13,17,19,23,25,29,31,35-36,38,40,44,46,50,52,56,58,67,69,73-75,77-80,82-83,85-87H,3-4,6,8-10,12,14-16,18,20-22,24,26-28,30,32-34,37,39,41-43,45,47-49,51,53-55,57,59-66,68,70-72H2,1-2H3,(H,81,84)/b7-5-,13-11-,19-17-,25-23-,31-29-,36-35-,40-38-,46-44-,52-50-,58-56-,69-67+. The van der Waals surface area contributed by atoms with Crippen molar-refractivity contribution in [3.05, 3.63) is 134 Å². The van der Waals surface area contributed by atoms with Gasteiger partial charge >= 0.3 is 0 Å². The van der Waals surface area contributed by atoms with Gasteiger partial charge < -0.3 is 40.3 Å². The van der Waals surface area contributed by atoms with Crippen molar-refractivity contribution in [3.63, 3.8) is 0 Å². The number of ether oxygens (including phenoxy) is 2. The van der Waals surface area contributed by atoms with Gasteiger partial charge in [0.05, 0.1) is 25.4 Å². The summed E-state index contributed by atoms with van der Waals surface area (Å²) < 4.78 is 11.3. The summed E-state index contributed by atoms with van der Waals surface area (Å²) in [4.78, 5) is 13.1. The molecule has 7 atom stereocenters. The summed E-state index contributed by atoms with van der Waals surface area (Å²) in [7, 11) is 0. The second-order valence-electron chi connectivity index (χ2n) is 25.0. The molecule has 9 nitrogen and oxygen atoms in total. The normalized spacial score (nSPS) is 18.7. The number of aliphatic hydroxyl groups is 5. The van der Waals surface area contributed by atoms with Crippen LogP contribution in [0.4, 0.5) is 0 Å². The van der Waals surface area contributed by atoms with E-state index in [4.69, 9.17) is 9.47 Å². The van der Waals surface area contributed by atoms with Crippen LogP contribution < -0.4 is 5.32 Å². The first kappa shape index (κ1) is 83.3. The molecule has 7 unspecified atom stereocenters. The van der Waals surface area contributed by atoms with Gasteiger partial charge in [0.25, 0.3) is 0 Å². The molecule has 0 spiro atoms. The van der Waals surface area contributed by atoms with Crippen LogP contribution in [-0.4, -0.2) is 87.5 Å². The predicted octanol–water partition coefficient (Wildman–Crippen LogP) is 20.8. The molecular weight excluding hydrogens is 1100 g/mol. The molecule has 1 heterocycles. The third-order valence-corrected chi connectivity index (χ3v) is 16.7. The van der Waals surface area contributed by atoms with Crippen LogP contribution in [-0.2, 0) is 14.3 Å². The topological polar surface area (TPSA) is 149 Å². The number of hydrogen-bond donors (Lipinski definition) is 6. The van der Waals surface area contributed by atoms with E-state index in [1.165, 1.54) is 173 Å². The second kappa shape index (κ2) is 67.2. The molecule has 1 saturated heterocycles. The van der Waals surface area contributed by atoms with Crippen LogP contribution in [0.2, 0.25) is 0 Å². The van der Waals surface area contributed by atoms with Crippen molar-refractivity contribution < 1.29 is 39.8 Å². The van der Waals surface area contributed by atoms with Gasteiger partial charge in [0.2, 0.25) is 5.91 Å². The van der Waals surface area contributed by atoms with Gasteiger partial charge in [-0.2, -0.15) is 0 Å². The Hall–Kier alpha value is -3.67. The Bertz CT molecular complexity index is 1870. The molecule has 1 aliphatic heterocycles. The first-order valence-electron chi connectivity index (χ1n) is 36.9. The third-order valence-electron chi connectivity index (χ3n) is 16.7. The number of allylic oxidation sites excluding steroid dienone is 21. The summed E-state index contributed by atoms with van der Waals surface area (Å²) in [6.07, 6.45) is 95.6. The van der Waals surface area contributed by atoms with Crippen LogP contribution in [0.3, 0.4) is 0 Å². The molecule has 0 aromatic heterocycles. The Labute approximate surface area is 547 Å². The molecule has 1 fully saturated rings. The number of rotatable bonds is 63. The average molecular weight is 1240 g/mol. The van der Waals surface area contributed by atoms with E-state index >= 15 is 0 Å². The van der Waals surface area contributed by atoms with Gasteiger partial charge in [0, 0.05) is 6.42 Å². The van der Waals surface area contributed by atoms with Crippen LogP contribution >= 0.6 is 0 Å². The van der Waals surface area contributed by atoms with Crippen molar-refractivity contribution in [1.29, 1.82) is 0 Å². The second-order valence-corrected chi connectivity index (χ2v) is 25.0. The minimum atomic E-state index is -1.58. The molecule has 0 bridgehead atoms. The molecule has 9 heteroatoms. The summed E-state index contributed by atoms with van der Waals surface area (Å²) >= 11 is 0. The van der Waals surface area contributed by atoms with Gasteiger partial charge in [-0.1, -0.05) is 340 Å². The van der Waals surface area contributed by atoms with E-state index in [0.29, 0.717) is 6.42 Å². The number of aliphatic hydroxyl groups excluding tert-OH is 5. The molecule has 0 radical (unpaired) electrons. The zero-order valence-corrected chi connectivity index (χ0v) is 57.1. The highest BCUT2D eigenvalue weighted by atomic mass is 16.7. The maximum atomic E-state index is 13.1. The van der Waals surface area contributed by atoms with Gasteiger partial charge in [0.15, 0.2) is 6.29 Å². The lowest BCUT2D eigenvalue weighted by Crippen LogP contribution is -2.60. The summed E-state index contributed by atoms with van der Waals surface area (Å²) in [5.74, 6) is -0.203. The Morgan fingerprint density at radius 3 is 1.03 bits per heavy atom. The van der Waals surface area contributed by atoms with Gasteiger partial charge in [-0.3, -0.25) is 4.79 Å². The number of hydrogen-bond acceptors (Lipinski definition) is 8. The van der Waals surface area contributed by atoms with Gasteiger partial charge in [0.1, 0.15) is 24.4 Å².